The molecule has 5 heteroatoms. The van der Waals surface area contributed by atoms with E-state index < -0.39 is 17.6 Å². The van der Waals surface area contributed by atoms with Crippen molar-refractivity contribution in [2.45, 2.75) is 0 Å². The molecule has 0 aliphatic carbocycles. The minimum absolute atomic E-state index is 0.235. The number of benzene rings is 1. The fourth-order valence-electron chi connectivity index (χ4n) is 1.00. The molecule has 1 aromatic carbocycles. The predicted octanol–water partition coefficient (Wildman–Crippen LogP) is 1.93. The number of nitriles is 1. The zero-order chi connectivity index (χ0) is 11.4. The first-order valence-electron chi connectivity index (χ1n) is 3.84. The monoisotopic (exact) mass is 209 g/mol. The van der Waals surface area contributed by atoms with Crippen molar-refractivity contribution in [2.75, 3.05) is 0 Å². The van der Waals surface area contributed by atoms with Crippen LogP contribution in [0.2, 0.25) is 0 Å². The summed E-state index contributed by atoms with van der Waals surface area (Å²) >= 11 is 0. The average molecular weight is 209 g/mol. The molecule has 0 radical (unpaired) electrons. The van der Waals surface area contributed by atoms with Crippen molar-refractivity contribution in [1.82, 2.24) is 0 Å². The zero-order valence-electron chi connectivity index (χ0n) is 7.37. The van der Waals surface area contributed by atoms with Gasteiger partial charge in [0.15, 0.2) is 0 Å². The largest absolute Gasteiger partial charge is 0.478 e. The van der Waals surface area contributed by atoms with Gasteiger partial charge in [-0.1, -0.05) is 0 Å². The Morgan fingerprint density at radius 3 is 2.67 bits per heavy atom. The number of aliphatic carboxylic acids is 1. The van der Waals surface area contributed by atoms with E-state index in [0.717, 1.165) is 12.1 Å². The van der Waals surface area contributed by atoms with E-state index in [9.17, 15) is 13.6 Å². The molecular formula is C10H5F2NO2. The topological polar surface area (TPSA) is 61.1 Å². The third kappa shape index (κ3) is 2.61. The van der Waals surface area contributed by atoms with Crippen LogP contribution in [0.3, 0.4) is 0 Å². The Labute approximate surface area is 83.9 Å². The predicted molar refractivity (Wildman–Crippen MR) is 47.7 cm³/mol. The molecule has 0 heterocycles. The van der Waals surface area contributed by atoms with Crippen LogP contribution in [0.15, 0.2) is 18.2 Å². The molecule has 0 saturated carbocycles. The first kappa shape index (κ1) is 10.9. The highest BCUT2D eigenvalue weighted by Gasteiger charge is 2.08. The van der Waals surface area contributed by atoms with Crippen molar-refractivity contribution in [3.63, 3.8) is 0 Å². The Morgan fingerprint density at radius 2 is 2.13 bits per heavy atom. The van der Waals surface area contributed by atoms with E-state index in [1.165, 1.54) is 0 Å². The van der Waals surface area contributed by atoms with Crippen molar-refractivity contribution in [2.24, 2.45) is 0 Å². The van der Waals surface area contributed by atoms with Crippen LogP contribution in [0, 0.1) is 23.0 Å². The molecule has 0 amide bonds. The van der Waals surface area contributed by atoms with E-state index >= 15 is 0 Å². The number of nitrogens with zero attached hydrogens (tertiary/aromatic N) is 1. The summed E-state index contributed by atoms with van der Waals surface area (Å²) in [6.07, 6.45) is 1.59. The van der Waals surface area contributed by atoms with Crippen LogP contribution in [0.1, 0.15) is 11.1 Å². The normalized spacial score (nSPS) is 10.2. The maximum absolute atomic E-state index is 13.1. The summed E-state index contributed by atoms with van der Waals surface area (Å²) in [6, 6.07) is 3.00. The summed E-state index contributed by atoms with van der Waals surface area (Å²) in [5.74, 6) is -3.12. The fourth-order valence-corrected chi connectivity index (χ4v) is 1.00. The van der Waals surface area contributed by atoms with Gasteiger partial charge >= 0.3 is 5.97 Å². The van der Waals surface area contributed by atoms with Gasteiger partial charge in [0.05, 0.1) is 11.6 Å². The summed E-state index contributed by atoms with van der Waals surface area (Å²) in [7, 11) is 0. The molecule has 76 valence electrons. The molecule has 0 fully saturated rings. The highest BCUT2D eigenvalue weighted by molar-refractivity contribution is 5.85. The van der Waals surface area contributed by atoms with Crippen molar-refractivity contribution in [3.05, 3.63) is 41.0 Å². The molecule has 0 bridgehead atoms. The lowest BCUT2D eigenvalue weighted by atomic mass is 10.1. The van der Waals surface area contributed by atoms with Crippen LogP contribution in [-0.2, 0) is 4.79 Å². The SMILES string of the molecule is N#Cc1cc(F)cc(F)c1/C=C/C(=O)O. The maximum atomic E-state index is 13.1. The molecule has 0 spiro atoms. The number of halogens is 2. The molecule has 1 rings (SSSR count). The fraction of sp³-hybridized carbons (Fsp3) is 0. The summed E-state index contributed by atoms with van der Waals surface area (Å²) in [5, 5.41) is 16.9. The molecule has 0 aromatic heterocycles. The van der Waals surface area contributed by atoms with Gasteiger partial charge in [-0.15, -0.1) is 0 Å². The van der Waals surface area contributed by atoms with Gasteiger partial charge in [-0.2, -0.15) is 5.26 Å². The lowest BCUT2D eigenvalue weighted by molar-refractivity contribution is -0.131. The van der Waals surface area contributed by atoms with Gasteiger partial charge in [-0.25, -0.2) is 13.6 Å². The van der Waals surface area contributed by atoms with Crippen LogP contribution < -0.4 is 0 Å². The molecule has 0 aliphatic heterocycles. The second-order valence-corrected chi connectivity index (χ2v) is 2.63. The Kier molecular flexibility index (Phi) is 3.13. The molecule has 1 N–H and O–H groups in total. The Hall–Kier alpha value is -2.22. The van der Waals surface area contributed by atoms with Crippen LogP contribution in [0.4, 0.5) is 8.78 Å². The van der Waals surface area contributed by atoms with Gasteiger partial charge in [0.25, 0.3) is 0 Å². The minimum Gasteiger partial charge on any atom is -0.478 e. The lowest BCUT2D eigenvalue weighted by Crippen LogP contribution is -1.93. The molecule has 0 saturated heterocycles. The van der Waals surface area contributed by atoms with E-state index in [0.29, 0.717) is 12.1 Å². The van der Waals surface area contributed by atoms with Crippen LogP contribution in [-0.4, -0.2) is 11.1 Å². The van der Waals surface area contributed by atoms with Gasteiger partial charge in [-0.3, -0.25) is 0 Å². The Bertz CT molecular complexity index is 475. The smallest absolute Gasteiger partial charge is 0.328 e. The molecule has 0 atom stereocenters. The average Bonchev–Trinajstić information content (AvgIpc) is 2.14. The van der Waals surface area contributed by atoms with Crippen molar-refractivity contribution < 1.29 is 18.7 Å². The molecule has 15 heavy (non-hydrogen) atoms. The quantitative estimate of drug-likeness (QED) is 0.757. The van der Waals surface area contributed by atoms with Gasteiger partial charge in [0, 0.05) is 17.7 Å². The third-order valence-electron chi connectivity index (χ3n) is 1.61. The van der Waals surface area contributed by atoms with Gasteiger partial charge < -0.3 is 5.11 Å². The number of rotatable bonds is 2. The summed E-state index contributed by atoms with van der Waals surface area (Å²) in [4.78, 5) is 10.2. The standard InChI is InChI=1S/C10H5F2NO2/c11-7-3-6(5-13)8(9(12)4-7)1-2-10(14)15/h1-4H,(H,14,15)/b2-1+. The number of hydrogen-bond donors (Lipinski definition) is 1. The number of carboxylic acids is 1. The highest BCUT2D eigenvalue weighted by atomic mass is 19.1. The van der Waals surface area contributed by atoms with E-state index in [2.05, 4.69) is 0 Å². The zero-order valence-corrected chi connectivity index (χ0v) is 7.37. The summed E-state index contributed by atoms with van der Waals surface area (Å²) in [6.45, 7) is 0. The molecule has 0 aliphatic rings. The first-order chi connectivity index (χ1) is 7.04. The maximum Gasteiger partial charge on any atom is 0.328 e. The molecular weight excluding hydrogens is 204 g/mol. The molecule has 1 aromatic rings. The van der Waals surface area contributed by atoms with E-state index in [4.69, 9.17) is 10.4 Å². The summed E-state index contributed by atoms with van der Waals surface area (Å²) in [5.41, 5.74) is -0.480. The van der Waals surface area contributed by atoms with Crippen molar-refractivity contribution >= 4 is 12.0 Å². The number of hydrogen-bond acceptors (Lipinski definition) is 2. The van der Waals surface area contributed by atoms with E-state index in [1.807, 2.05) is 0 Å². The minimum atomic E-state index is -1.28. The lowest BCUT2D eigenvalue weighted by Gasteiger charge is -1.99. The van der Waals surface area contributed by atoms with Crippen LogP contribution in [0.25, 0.3) is 6.08 Å². The Balaban J connectivity index is 3.28. The third-order valence-corrected chi connectivity index (χ3v) is 1.61. The molecule has 3 nitrogen and oxygen atoms in total. The first-order valence-corrected chi connectivity index (χ1v) is 3.84. The Morgan fingerprint density at radius 1 is 1.47 bits per heavy atom. The number of carbonyl (C=O) groups is 1. The van der Waals surface area contributed by atoms with Gasteiger partial charge in [-0.05, 0) is 12.1 Å². The van der Waals surface area contributed by atoms with E-state index in [-0.39, 0.29) is 11.1 Å². The van der Waals surface area contributed by atoms with Crippen molar-refractivity contribution in [1.29, 1.82) is 5.26 Å². The second-order valence-electron chi connectivity index (χ2n) is 2.63. The van der Waals surface area contributed by atoms with Crippen LogP contribution in [0.5, 0.6) is 0 Å². The van der Waals surface area contributed by atoms with E-state index in [1.54, 1.807) is 6.07 Å². The second kappa shape index (κ2) is 4.33. The van der Waals surface area contributed by atoms with Gasteiger partial charge in [0.2, 0.25) is 0 Å². The number of carboxylic acid groups (broad SMARTS) is 1. The van der Waals surface area contributed by atoms with Gasteiger partial charge in [0.1, 0.15) is 11.6 Å². The molecule has 0 unspecified atom stereocenters. The van der Waals surface area contributed by atoms with Crippen LogP contribution >= 0.6 is 0 Å². The summed E-state index contributed by atoms with van der Waals surface area (Å²) < 4.78 is 25.8. The van der Waals surface area contributed by atoms with Crippen molar-refractivity contribution in [3.8, 4) is 6.07 Å². The highest BCUT2D eigenvalue weighted by Crippen LogP contribution is 2.16.